The van der Waals surface area contributed by atoms with E-state index in [-0.39, 0.29) is 17.2 Å². The summed E-state index contributed by atoms with van der Waals surface area (Å²) < 4.78 is 29.3. The van der Waals surface area contributed by atoms with Crippen LogP contribution in [0.25, 0.3) is 28.0 Å². The van der Waals surface area contributed by atoms with Gasteiger partial charge < -0.3 is 5.11 Å². The summed E-state index contributed by atoms with van der Waals surface area (Å²) in [5, 5.41) is 11.3. The van der Waals surface area contributed by atoms with E-state index in [1.807, 2.05) is 42.5 Å². The van der Waals surface area contributed by atoms with Gasteiger partial charge >= 0.3 is 0 Å². The van der Waals surface area contributed by atoms with Gasteiger partial charge in [0.25, 0.3) is 0 Å². The minimum atomic E-state index is -0.837. The molecule has 150 valence electrons. The second-order valence-electron chi connectivity index (χ2n) is 7.40. The van der Waals surface area contributed by atoms with E-state index in [4.69, 9.17) is 0 Å². The molecule has 0 bridgehead atoms. The van der Waals surface area contributed by atoms with Crippen LogP contribution in [0, 0.1) is 11.6 Å². The Labute approximate surface area is 171 Å². The van der Waals surface area contributed by atoms with E-state index >= 15 is 0 Å². The average Bonchev–Trinajstić information content (AvgIpc) is 2.70. The van der Waals surface area contributed by atoms with Gasteiger partial charge in [0.15, 0.2) is 11.6 Å². The predicted octanol–water partition coefficient (Wildman–Crippen LogP) is 7.08. The van der Waals surface area contributed by atoms with Crippen LogP contribution in [0.4, 0.5) is 8.78 Å². The SMILES string of the molecule is C=CCc1ccc2cc(-c3ccc(C=CCCCC(C)O)c(F)c3F)ccc2c1. The minimum Gasteiger partial charge on any atom is -0.393 e. The zero-order chi connectivity index (χ0) is 20.8. The van der Waals surface area contributed by atoms with Crippen molar-refractivity contribution >= 4 is 16.8 Å². The molecular weight excluding hydrogens is 366 g/mol. The first-order chi connectivity index (χ1) is 14.0. The highest BCUT2D eigenvalue weighted by Gasteiger charge is 2.14. The van der Waals surface area contributed by atoms with Crippen LogP contribution >= 0.6 is 0 Å². The fraction of sp³-hybridized carbons (Fsp3) is 0.231. The number of fused-ring (bicyclic) bond motifs is 1. The number of hydrogen-bond acceptors (Lipinski definition) is 1. The summed E-state index contributed by atoms with van der Waals surface area (Å²) in [5.41, 5.74) is 2.31. The van der Waals surface area contributed by atoms with Crippen LogP contribution in [0.1, 0.15) is 37.3 Å². The van der Waals surface area contributed by atoms with Crippen LogP contribution in [0.5, 0.6) is 0 Å². The van der Waals surface area contributed by atoms with Crippen molar-refractivity contribution in [3.05, 3.63) is 90.0 Å². The van der Waals surface area contributed by atoms with Crippen molar-refractivity contribution < 1.29 is 13.9 Å². The van der Waals surface area contributed by atoms with Crippen molar-refractivity contribution in [1.82, 2.24) is 0 Å². The molecule has 1 N–H and O–H groups in total. The van der Waals surface area contributed by atoms with Crippen LogP contribution in [0.15, 0.2) is 67.3 Å². The van der Waals surface area contributed by atoms with Gasteiger partial charge in [-0.3, -0.25) is 0 Å². The molecule has 0 radical (unpaired) electrons. The van der Waals surface area contributed by atoms with Gasteiger partial charge in [0.05, 0.1) is 6.10 Å². The number of aliphatic hydroxyl groups is 1. The van der Waals surface area contributed by atoms with E-state index in [2.05, 4.69) is 12.6 Å². The smallest absolute Gasteiger partial charge is 0.167 e. The molecule has 0 aliphatic heterocycles. The summed E-state index contributed by atoms with van der Waals surface area (Å²) >= 11 is 0. The standard InChI is InChI=1S/C26H26F2O/c1-3-7-19-10-11-22-17-23(13-12-21(22)16-19)24-15-14-20(25(27)26(24)28)9-6-4-5-8-18(2)29/h3,6,9-18,29H,1,4-5,7-8H2,2H3. The summed E-state index contributed by atoms with van der Waals surface area (Å²) in [7, 11) is 0. The molecular formula is C26H26F2O. The average molecular weight is 392 g/mol. The van der Waals surface area contributed by atoms with Crippen molar-refractivity contribution in [3.8, 4) is 11.1 Å². The second-order valence-corrected chi connectivity index (χ2v) is 7.40. The first kappa shape index (κ1) is 20.9. The van der Waals surface area contributed by atoms with Gasteiger partial charge in [0, 0.05) is 11.1 Å². The molecule has 0 spiro atoms. The highest BCUT2D eigenvalue weighted by atomic mass is 19.2. The molecule has 1 unspecified atom stereocenters. The summed E-state index contributed by atoms with van der Waals surface area (Å²) in [4.78, 5) is 0. The second kappa shape index (κ2) is 9.62. The molecule has 3 heteroatoms. The van der Waals surface area contributed by atoms with Gasteiger partial charge in [-0.25, -0.2) is 8.78 Å². The van der Waals surface area contributed by atoms with Gasteiger partial charge in [0.2, 0.25) is 0 Å². The summed E-state index contributed by atoms with van der Waals surface area (Å²) in [6.07, 6.45) is 7.95. The highest BCUT2D eigenvalue weighted by Crippen LogP contribution is 2.30. The van der Waals surface area contributed by atoms with Crippen molar-refractivity contribution in [3.63, 3.8) is 0 Å². The third-order valence-corrected chi connectivity index (χ3v) is 5.00. The first-order valence-corrected chi connectivity index (χ1v) is 9.96. The van der Waals surface area contributed by atoms with E-state index < -0.39 is 11.6 Å². The maximum absolute atomic E-state index is 14.7. The van der Waals surface area contributed by atoms with E-state index in [0.29, 0.717) is 18.4 Å². The Bertz CT molecular complexity index is 1030. The number of benzene rings is 3. The third-order valence-electron chi connectivity index (χ3n) is 5.00. The van der Waals surface area contributed by atoms with E-state index in [1.165, 1.54) is 5.56 Å². The highest BCUT2D eigenvalue weighted by molar-refractivity contribution is 5.88. The van der Waals surface area contributed by atoms with Crippen LogP contribution in [0.3, 0.4) is 0 Å². The van der Waals surface area contributed by atoms with Crippen molar-refractivity contribution in [2.75, 3.05) is 0 Å². The van der Waals surface area contributed by atoms with Gasteiger partial charge in [-0.1, -0.05) is 60.7 Å². The monoisotopic (exact) mass is 392 g/mol. The van der Waals surface area contributed by atoms with Gasteiger partial charge in [-0.05, 0) is 60.6 Å². The zero-order valence-electron chi connectivity index (χ0n) is 16.7. The maximum atomic E-state index is 14.7. The van der Waals surface area contributed by atoms with Crippen LogP contribution in [0.2, 0.25) is 0 Å². The normalized spacial score (nSPS) is 12.6. The minimum absolute atomic E-state index is 0.234. The quantitative estimate of drug-likeness (QED) is 0.321. The molecule has 3 rings (SSSR count). The zero-order valence-corrected chi connectivity index (χ0v) is 16.7. The fourth-order valence-corrected chi connectivity index (χ4v) is 3.41. The molecule has 0 heterocycles. The lowest BCUT2D eigenvalue weighted by molar-refractivity contribution is 0.182. The lowest BCUT2D eigenvalue weighted by atomic mass is 9.97. The topological polar surface area (TPSA) is 20.2 Å². The largest absolute Gasteiger partial charge is 0.393 e. The number of unbranched alkanes of at least 4 members (excludes halogenated alkanes) is 1. The Morgan fingerprint density at radius 1 is 1.00 bits per heavy atom. The molecule has 0 aliphatic carbocycles. The fourth-order valence-electron chi connectivity index (χ4n) is 3.41. The lowest BCUT2D eigenvalue weighted by Gasteiger charge is -2.09. The maximum Gasteiger partial charge on any atom is 0.167 e. The first-order valence-electron chi connectivity index (χ1n) is 9.96. The van der Waals surface area contributed by atoms with Gasteiger partial charge in [-0.15, -0.1) is 6.58 Å². The molecule has 3 aromatic rings. The molecule has 0 aliphatic rings. The molecule has 0 fully saturated rings. The van der Waals surface area contributed by atoms with E-state index in [9.17, 15) is 13.9 Å². The van der Waals surface area contributed by atoms with Crippen LogP contribution in [-0.2, 0) is 6.42 Å². The molecule has 3 aromatic carbocycles. The lowest BCUT2D eigenvalue weighted by Crippen LogP contribution is -1.97. The molecule has 29 heavy (non-hydrogen) atoms. The molecule has 0 saturated heterocycles. The Kier molecular flexibility index (Phi) is 6.95. The molecule has 0 amide bonds. The van der Waals surface area contributed by atoms with E-state index in [0.717, 1.165) is 23.6 Å². The molecule has 1 nitrogen and oxygen atoms in total. The van der Waals surface area contributed by atoms with E-state index in [1.54, 1.807) is 25.1 Å². The summed E-state index contributed by atoms with van der Waals surface area (Å²) in [5.74, 6) is -1.67. The molecule has 0 saturated carbocycles. The number of hydrogen-bond donors (Lipinski definition) is 1. The van der Waals surface area contributed by atoms with Crippen molar-refractivity contribution in [2.24, 2.45) is 0 Å². The number of rotatable bonds is 8. The molecule has 0 aromatic heterocycles. The number of allylic oxidation sites excluding steroid dienone is 2. The Morgan fingerprint density at radius 2 is 1.76 bits per heavy atom. The van der Waals surface area contributed by atoms with Crippen molar-refractivity contribution in [2.45, 2.75) is 38.7 Å². The van der Waals surface area contributed by atoms with Gasteiger partial charge in [-0.2, -0.15) is 0 Å². The summed E-state index contributed by atoms with van der Waals surface area (Å²) in [6, 6.07) is 15.0. The van der Waals surface area contributed by atoms with Crippen LogP contribution < -0.4 is 0 Å². The predicted molar refractivity (Wildman–Crippen MR) is 118 cm³/mol. The Morgan fingerprint density at radius 3 is 2.52 bits per heavy atom. The Hall–Kier alpha value is -2.78. The summed E-state index contributed by atoms with van der Waals surface area (Å²) in [6.45, 7) is 5.50. The van der Waals surface area contributed by atoms with Crippen LogP contribution in [-0.4, -0.2) is 11.2 Å². The number of aliphatic hydroxyl groups excluding tert-OH is 1. The number of halogens is 2. The third kappa shape index (κ3) is 5.18. The van der Waals surface area contributed by atoms with Crippen molar-refractivity contribution in [1.29, 1.82) is 0 Å². The Balaban J connectivity index is 1.83. The van der Waals surface area contributed by atoms with Gasteiger partial charge in [0.1, 0.15) is 0 Å². The molecule has 1 atom stereocenters.